The highest BCUT2D eigenvalue weighted by molar-refractivity contribution is 9.10. The second-order valence-corrected chi connectivity index (χ2v) is 4.87. The molecule has 0 spiro atoms. The molecule has 92 valence electrons. The van der Waals surface area contributed by atoms with Crippen LogP contribution in [0.5, 0.6) is 0 Å². The summed E-state index contributed by atoms with van der Waals surface area (Å²) in [6.45, 7) is 0. The second kappa shape index (κ2) is 5.37. The maximum atomic E-state index is 12.0. The number of carbonyl (C=O) groups excluding carboxylic acids is 1. The van der Waals surface area contributed by atoms with Crippen LogP contribution in [0, 0.1) is 0 Å². The number of pyridine rings is 1. The number of benzene rings is 1. The van der Waals surface area contributed by atoms with Gasteiger partial charge < -0.3 is 11.1 Å². The Morgan fingerprint density at radius 1 is 1.33 bits per heavy atom. The second-order valence-electron chi connectivity index (χ2n) is 3.55. The van der Waals surface area contributed by atoms with Crippen LogP contribution in [-0.2, 0) is 0 Å². The van der Waals surface area contributed by atoms with Crippen LogP contribution in [0.1, 0.15) is 10.4 Å². The number of anilines is 2. The Labute approximate surface area is 117 Å². The molecule has 3 N–H and O–H groups in total. The molecule has 0 radical (unpaired) electrons. The predicted octanol–water partition coefficient (Wildman–Crippen LogP) is 3.33. The molecule has 4 nitrogen and oxygen atoms in total. The molecule has 0 bridgehead atoms. The van der Waals surface area contributed by atoms with Gasteiger partial charge in [0.05, 0.1) is 10.6 Å². The SMILES string of the molecule is Nc1cc(C(=O)Nc2ccc(Br)cc2)c(Cl)cn1. The summed E-state index contributed by atoms with van der Waals surface area (Å²) in [5.74, 6) is -0.0724. The fourth-order valence-corrected chi connectivity index (χ4v) is 1.81. The standard InChI is InChI=1S/C12H9BrClN3O/c13-7-1-3-8(4-2-7)17-12(18)9-5-11(15)16-6-10(9)14/h1-6H,(H2,15,16)(H,17,18). The minimum atomic E-state index is -0.323. The molecule has 6 heteroatoms. The third kappa shape index (κ3) is 3.00. The van der Waals surface area contributed by atoms with E-state index in [-0.39, 0.29) is 16.7 Å². The van der Waals surface area contributed by atoms with Crippen molar-refractivity contribution in [2.45, 2.75) is 0 Å². The van der Waals surface area contributed by atoms with E-state index < -0.39 is 0 Å². The average molecular weight is 327 g/mol. The third-order valence-corrected chi connectivity index (χ3v) is 3.05. The van der Waals surface area contributed by atoms with Gasteiger partial charge in [0.15, 0.2) is 0 Å². The molecule has 1 aromatic heterocycles. The Hall–Kier alpha value is -1.59. The zero-order chi connectivity index (χ0) is 13.1. The van der Waals surface area contributed by atoms with Gasteiger partial charge >= 0.3 is 0 Å². The molecule has 0 atom stereocenters. The van der Waals surface area contributed by atoms with Crippen molar-refractivity contribution in [1.29, 1.82) is 0 Å². The van der Waals surface area contributed by atoms with Crippen LogP contribution in [0.3, 0.4) is 0 Å². The molecular formula is C12H9BrClN3O. The summed E-state index contributed by atoms with van der Waals surface area (Å²) in [7, 11) is 0. The Balaban J connectivity index is 2.21. The largest absolute Gasteiger partial charge is 0.384 e. The summed E-state index contributed by atoms with van der Waals surface area (Å²) in [5, 5.41) is 2.99. The van der Waals surface area contributed by atoms with Crippen molar-refractivity contribution in [3.05, 3.63) is 51.6 Å². The Morgan fingerprint density at radius 3 is 2.67 bits per heavy atom. The van der Waals surface area contributed by atoms with Gasteiger partial charge in [0.1, 0.15) is 5.82 Å². The molecule has 0 aliphatic rings. The number of rotatable bonds is 2. The predicted molar refractivity (Wildman–Crippen MR) is 75.8 cm³/mol. The molecule has 2 aromatic rings. The van der Waals surface area contributed by atoms with Crippen molar-refractivity contribution in [1.82, 2.24) is 4.98 Å². The van der Waals surface area contributed by atoms with E-state index in [9.17, 15) is 4.79 Å². The van der Waals surface area contributed by atoms with E-state index in [1.54, 1.807) is 12.1 Å². The number of carbonyl (C=O) groups is 1. The summed E-state index contributed by atoms with van der Waals surface area (Å²) in [5.41, 5.74) is 6.50. The van der Waals surface area contributed by atoms with E-state index >= 15 is 0 Å². The smallest absolute Gasteiger partial charge is 0.257 e. The van der Waals surface area contributed by atoms with E-state index in [1.165, 1.54) is 12.3 Å². The molecule has 0 saturated heterocycles. The van der Waals surface area contributed by atoms with Crippen molar-refractivity contribution in [2.75, 3.05) is 11.1 Å². The topological polar surface area (TPSA) is 68.0 Å². The number of hydrogen-bond donors (Lipinski definition) is 2. The molecule has 0 fully saturated rings. The van der Waals surface area contributed by atoms with Crippen LogP contribution in [-0.4, -0.2) is 10.9 Å². The molecule has 0 unspecified atom stereocenters. The van der Waals surface area contributed by atoms with Crippen molar-refractivity contribution in [3.63, 3.8) is 0 Å². The lowest BCUT2D eigenvalue weighted by Crippen LogP contribution is -2.13. The quantitative estimate of drug-likeness (QED) is 0.889. The van der Waals surface area contributed by atoms with Gasteiger partial charge in [-0.25, -0.2) is 4.98 Å². The molecule has 1 amide bonds. The molecule has 0 saturated carbocycles. The van der Waals surface area contributed by atoms with Gasteiger partial charge in [0, 0.05) is 16.4 Å². The molecule has 1 aromatic carbocycles. The summed E-state index contributed by atoms with van der Waals surface area (Å²) < 4.78 is 0.937. The van der Waals surface area contributed by atoms with E-state index in [0.717, 1.165) is 4.47 Å². The first-order valence-electron chi connectivity index (χ1n) is 5.04. The molecule has 1 heterocycles. The van der Waals surface area contributed by atoms with Crippen LogP contribution >= 0.6 is 27.5 Å². The lowest BCUT2D eigenvalue weighted by Gasteiger charge is -2.07. The number of aromatic nitrogens is 1. The summed E-state index contributed by atoms with van der Waals surface area (Å²) in [6.07, 6.45) is 1.35. The molecular weight excluding hydrogens is 318 g/mol. The summed E-state index contributed by atoms with van der Waals surface area (Å²) >= 11 is 9.22. The summed E-state index contributed by atoms with van der Waals surface area (Å²) in [6, 6.07) is 8.66. The molecule has 2 rings (SSSR count). The van der Waals surface area contributed by atoms with E-state index in [2.05, 4.69) is 26.2 Å². The number of nitrogens with one attached hydrogen (secondary N) is 1. The minimum Gasteiger partial charge on any atom is -0.384 e. The number of halogens is 2. The highest BCUT2D eigenvalue weighted by Gasteiger charge is 2.11. The average Bonchev–Trinajstić information content (AvgIpc) is 2.35. The van der Waals surface area contributed by atoms with Crippen LogP contribution < -0.4 is 11.1 Å². The van der Waals surface area contributed by atoms with Gasteiger partial charge in [-0.05, 0) is 30.3 Å². The number of amides is 1. The normalized spacial score (nSPS) is 10.1. The Kier molecular flexibility index (Phi) is 3.84. The van der Waals surface area contributed by atoms with E-state index in [4.69, 9.17) is 17.3 Å². The zero-order valence-electron chi connectivity index (χ0n) is 9.15. The van der Waals surface area contributed by atoms with Crippen LogP contribution in [0.25, 0.3) is 0 Å². The van der Waals surface area contributed by atoms with Gasteiger partial charge in [-0.15, -0.1) is 0 Å². The number of nitrogens with zero attached hydrogens (tertiary/aromatic N) is 1. The van der Waals surface area contributed by atoms with Gasteiger partial charge in [0.25, 0.3) is 5.91 Å². The number of nitrogens with two attached hydrogens (primary N) is 1. The van der Waals surface area contributed by atoms with E-state index in [0.29, 0.717) is 11.3 Å². The fraction of sp³-hybridized carbons (Fsp3) is 0. The first kappa shape index (κ1) is 12.9. The van der Waals surface area contributed by atoms with Crippen molar-refractivity contribution in [3.8, 4) is 0 Å². The van der Waals surface area contributed by atoms with Gasteiger partial charge in [0.2, 0.25) is 0 Å². The number of hydrogen-bond acceptors (Lipinski definition) is 3. The van der Waals surface area contributed by atoms with Crippen molar-refractivity contribution >= 4 is 44.9 Å². The Morgan fingerprint density at radius 2 is 2.00 bits per heavy atom. The van der Waals surface area contributed by atoms with Gasteiger partial charge in [-0.2, -0.15) is 0 Å². The first-order valence-corrected chi connectivity index (χ1v) is 6.21. The molecule has 18 heavy (non-hydrogen) atoms. The Bertz CT molecular complexity index is 586. The summed E-state index contributed by atoms with van der Waals surface area (Å²) in [4.78, 5) is 15.8. The molecule has 0 aliphatic heterocycles. The highest BCUT2D eigenvalue weighted by Crippen LogP contribution is 2.19. The van der Waals surface area contributed by atoms with Crippen LogP contribution in [0.2, 0.25) is 5.02 Å². The van der Waals surface area contributed by atoms with Gasteiger partial charge in [-0.1, -0.05) is 27.5 Å². The maximum Gasteiger partial charge on any atom is 0.257 e. The third-order valence-electron chi connectivity index (χ3n) is 2.22. The van der Waals surface area contributed by atoms with Crippen LogP contribution in [0.15, 0.2) is 41.0 Å². The minimum absolute atomic E-state index is 0.250. The highest BCUT2D eigenvalue weighted by atomic mass is 79.9. The zero-order valence-corrected chi connectivity index (χ0v) is 11.5. The molecule has 0 aliphatic carbocycles. The maximum absolute atomic E-state index is 12.0. The lowest BCUT2D eigenvalue weighted by molar-refractivity contribution is 0.102. The fourth-order valence-electron chi connectivity index (χ4n) is 1.36. The van der Waals surface area contributed by atoms with E-state index in [1.807, 2.05) is 12.1 Å². The van der Waals surface area contributed by atoms with Gasteiger partial charge in [-0.3, -0.25) is 4.79 Å². The monoisotopic (exact) mass is 325 g/mol. The first-order chi connectivity index (χ1) is 8.56. The number of nitrogen functional groups attached to an aromatic ring is 1. The van der Waals surface area contributed by atoms with Crippen molar-refractivity contribution in [2.24, 2.45) is 0 Å². The van der Waals surface area contributed by atoms with Crippen molar-refractivity contribution < 1.29 is 4.79 Å². The van der Waals surface area contributed by atoms with Crippen LogP contribution in [0.4, 0.5) is 11.5 Å². The lowest BCUT2D eigenvalue weighted by atomic mass is 10.2.